The van der Waals surface area contributed by atoms with Crippen molar-refractivity contribution >= 4 is 33.4 Å². The van der Waals surface area contributed by atoms with Gasteiger partial charge in [0.15, 0.2) is 0 Å². The van der Waals surface area contributed by atoms with Crippen molar-refractivity contribution < 1.29 is 27.5 Å². The van der Waals surface area contributed by atoms with Crippen LogP contribution in [0.4, 0.5) is 5.69 Å². The van der Waals surface area contributed by atoms with Crippen molar-refractivity contribution in [1.29, 1.82) is 0 Å². The van der Waals surface area contributed by atoms with Gasteiger partial charge in [-0.25, -0.2) is 8.42 Å². The molecule has 0 saturated carbocycles. The largest absolute Gasteiger partial charge is 0.494 e. The predicted molar refractivity (Wildman–Crippen MR) is 114 cm³/mol. The Kier molecular flexibility index (Phi) is 8.11. The zero-order valence-corrected chi connectivity index (χ0v) is 18.1. The van der Waals surface area contributed by atoms with Gasteiger partial charge in [-0.1, -0.05) is 0 Å². The first-order chi connectivity index (χ1) is 14.6. The lowest BCUT2D eigenvalue weighted by molar-refractivity contribution is -0.123. The molecule has 0 aliphatic carbocycles. The Labute approximate surface area is 180 Å². The van der Waals surface area contributed by atoms with E-state index in [1.165, 1.54) is 50.2 Å². The van der Waals surface area contributed by atoms with Crippen LogP contribution in [0.1, 0.15) is 31.1 Å². The van der Waals surface area contributed by atoms with Crippen LogP contribution in [-0.4, -0.2) is 38.8 Å². The van der Waals surface area contributed by atoms with Crippen molar-refractivity contribution in [3.8, 4) is 5.75 Å². The van der Waals surface area contributed by atoms with Crippen LogP contribution in [0.2, 0.25) is 0 Å². The molecule has 0 fully saturated rings. The number of hydrogen-bond donors (Lipinski definition) is 4. The minimum Gasteiger partial charge on any atom is -0.494 e. The maximum Gasteiger partial charge on any atom is 0.269 e. The predicted octanol–water partition coefficient (Wildman–Crippen LogP) is 1.17. The number of benzene rings is 2. The molecule has 0 radical (unpaired) electrons. The molecule has 2 rings (SSSR count). The van der Waals surface area contributed by atoms with E-state index in [9.17, 15) is 22.8 Å². The number of nitrogens with one attached hydrogen (secondary N) is 4. The van der Waals surface area contributed by atoms with Gasteiger partial charge in [0.05, 0.1) is 17.5 Å². The van der Waals surface area contributed by atoms with Crippen LogP contribution in [0.25, 0.3) is 0 Å². The van der Waals surface area contributed by atoms with Crippen LogP contribution in [0, 0.1) is 0 Å². The van der Waals surface area contributed by atoms with Crippen molar-refractivity contribution in [3.63, 3.8) is 0 Å². The number of carbonyl (C=O) groups is 3. The SMILES string of the molecule is CCOc1ccc(C(=O)NNC(=O)[C@H](C)NS(=O)(=O)c2ccc(NC(C)=O)cc2)cc1. The lowest BCUT2D eigenvalue weighted by atomic mass is 10.2. The van der Waals surface area contributed by atoms with Gasteiger partial charge in [0, 0.05) is 18.2 Å². The summed E-state index contributed by atoms with van der Waals surface area (Å²) in [5.41, 5.74) is 5.14. The second kappa shape index (κ2) is 10.5. The minimum absolute atomic E-state index is 0.0836. The number of ether oxygens (including phenoxy) is 1. The highest BCUT2D eigenvalue weighted by molar-refractivity contribution is 7.89. The van der Waals surface area contributed by atoms with E-state index in [1.54, 1.807) is 12.1 Å². The summed E-state index contributed by atoms with van der Waals surface area (Å²) in [5, 5.41) is 2.53. The number of anilines is 1. The molecule has 31 heavy (non-hydrogen) atoms. The Morgan fingerprint density at radius 3 is 2.13 bits per heavy atom. The van der Waals surface area contributed by atoms with Gasteiger partial charge in [0.1, 0.15) is 5.75 Å². The molecule has 0 unspecified atom stereocenters. The normalized spacial score (nSPS) is 11.8. The quantitative estimate of drug-likeness (QED) is 0.447. The first-order valence-corrected chi connectivity index (χ1v) is 10.8. The van der Waals surface area contributed by atoms with Crippen molar-refractivity contribution in [2.75, 3.05) is 11.9 Å². The van der Waals surface area contributed by atoms with Crippen LogP contribution in [0.3, 0.4) is 0 Å². The van der Waals surface area contributed by atoms with E-state index >= 15 is 0 Å². The summed E-state index contributed by atoms with van der Waals surface area (Å²) in [6, 6.07) is 10.6. The molecular formula is C20H24N4O6S. The molecule has 0 aliphatic heterocycles. The third-order valence-corrected chi connectivity index (χ3v) is 5.49. The lowest BCUT2D eigenvalue weighted by Gasteiger charge is -2.15. The van der Waals surface area contributed by atoms with Gasteiger partial charge in [-0.15, -0.1) is 0 Å². The molecule has 10 nitrogen and oxygen atoms in total. The molecule has 0 aromatic heterocycles. The summed E-state index contributed by atoms with van der Waals surface area (Å²) in [7, 11) is -4.00. The summed E-state index contributed by atoms with van der Waals surface area (Å²) in [5.74, 6) is -1.000. The van der Waals surface area contributed by atoms with E-state index in [4.69, 9.17) is 4.74 Å². The maximum atomic E-state index is 12.4. The standard InChI is InChI=1S/C20H24N4O6S/c1-4-30-17-9-5-15(6-10-17)20(27)23-22-19(26)13(2)24-31(28,29)18-11-7-16(8-12-18)21-14(3)25/h5-13,24H,4H2,1-3H3,(H,21,25)(H,22,26)(H,23,27)/t13-/m0/s1. The van der Waals surface area contributed by atoms with E-state index in [0.29, 0.717) is 18.0 Å². The van der Waals surface area contributed by atoms with E-state index in [2.05, 4.69) is 20.9 Å². The van der Waals surface area contributed by atoms with Gasteiger partial charge in [-0.05, 0) is 62.4 Å². The Morgan fingerprint density at radius 2 is 1.58 bits per heavy atom. The molecule has 0 aliphatic rings. The van der Waals surface area contributed by atoms with E-state index in [1.807, 2.05) is 6.92 Å². The summed E-state index contributed by atoms with van der Waals surface area (Å²) < 4.78 is 32.4. The van der Waals surface area contributed by atoms with Crippen LogP contribution in [0.15, 0.2) is 53.4 Å². The minimum atomic E-state index is -4.00. The molecule has 0 heterocycles. The highest BCUT2D eigenvalue weighted by Crippen LogP contribution is 2.14. The smallest absolute Gasteiger partial charge is 0.269 e. The third-order valence-electron chi connectivity index (χ3n) is 3.94. The zero-order valence-electron chi connectivity index (χ0n) is 17.3. The second-order valence-electron chi connectivity index (χ2n) is 6.45. The highest BCUT2D eigenvalue weighted by Gasteiger charge is 2.22. The number of hydrogen-bond acceptors (Lipinski definition) is 6. The summed E-state index contributed by atoms with van der Waals surface area (Å²) >= 11 is 0. The Morgan fingerprint density at radius 1 is 0.968 bits per heavy atom. The number of rotatable bonds is 8. The summed E-state index contributed by atoms with van der Waals surface area (Å²) in [4.78, 5) is 35.3. The number of sulfonamides is 1. The van der Waals surface area contributed by atoms with Crippen molar-refractivity contribution in [1.82, 2.24) is 15.6 Å². The van der Waals surface area contributed by atoms with Crippen molar-refractivity contribution in [3.05, 3.63) is 54.1 Å². The monoisotopic (exact) mass is 448 g/mol. The van der Waals surface area contributed by atoms with Gasteiger partial charge in [0.25, 0.3) is 11.8 Å². The van der Waals surface area contributed by atoms with Gasteiger partial charge < -0.3 is 10.1 Å². The van der Waals surface area contributed by atoms with Crippen molar-refractivity contribution in [2.24, 2.45) is 0 Å². The Balaban J connectivity index is 1.92. The first kappa shape index (κ1) is 23.8. The van der Waals surface area contributed by atoms with E-state index in [0.717, 1.165) is 0 Å². The van der Waals surface area contributed by atoms with Crippen LogP contribution < -0.4 is 25.6 Å². The van der Waals surface area contributed by atoms with Gasteiger partial charge in [0.2, 0.25) is 15.9 Å². The zero-order chi connectivity index (χ0) is 23.0. The summed E-state index contributed by atoms with van der Waals surface area (Å²) in [6.07, 6.45) is 0. The fraction of sp³-hybridized carbons (Fsp3) is 0.250. The topological polar surface area (TPSA) is 143 Å². The summed E-state index contributed by atoms with van der Waals surface area (Å²) in [6.45, 7) is 5.00. The van der Waals surface area contributed by atoms with Crippen molar-refractivity contribution in [2.45, 2.75) is 31.7 Å². The Hall–Kier alpha value is -3.44. The molecule has 0 bridgehead atoms. The van der Waals surface area contributed by atoms with Crippen LogP contribution in [0.5, 0.6) is 5.75 Å². The second-order valence-corrected chi connectivity index (χ2v) is 8.16. The number of amides is 3. The molecule has 11 heteroatoms. The fourth-order valence-electron chi connectivity index (χ4n) is 2.44. The van der Waals surface area contributed by atoms with Gasteiger partial charge in [-0.2, -0.15) is 4.72 Å². The average Bonchev–Trinajstić information content (AvgIpc) is 2.72. The first-order valence-electron chi connectivity index (χ1n) is 9.35. The molecule has 0 spiro atoms. The van der Waals surface area contributed by atoms with Gasteiger partial charge in [-0.3, -0.25) is 25.2 Å². The number of carbonyl (C=O) groups excluding carboxylic acids is 3. The molecule has 166 valence electrons. The number of hydrazine groups is 1. The molecule has 1 atom stereocenters. The molecular weight excluding hydrogens is 424 g/mol. The average molecular weight is 449 g/mol. The van der Waals surface area contributed by atoms with E-state index in [-0.39, 0.29) is 16.4 Å². The Bertz CT molecular complexity index is 1040. The van der Waals surface area contributed by atoms with Gasteiger partial charge >= 0.3 is 0 Å². The molecule has 4 N–H and O–H groups in total. The lowest BCUT2D eigenvalue weighted by Crippen LogP contribution is -2.51. The third kappa shape index (κ3) is 7.08. The van der Waals surface area contributed by atoms with Crippen LogP contribution >= 0.6 is 0 Å². The fourth-order valence-corrected chi connectivity index (χ4v) is 3.65. The van der Waals surface area contributed by atoms with E-state index < -0.39 is 27.9 Å². The van der Waals surface area contributed by atoms with Crippen LogP contribution in [-0.2, 0) is 19.6 Å². The molecule has 2 aromatic carbocycles. The highest BCUT2D eigenvalue weighted by atomic mass is 32.2. The molecule has 0 saturated heterocycles. The molecule has 3 amide bonds. The molecule has 2 aromatic rings. The maximum absolute atomic E-state index is 12.4.